The number of halogens is 1. The molecule has 0 saturated heterocycles. The van der Waals surface area contributed by atoms with E-state index in [1.165, 1.54) is 5.69 Å². The fraction of sp³-hybridized carbons (Fsp3) is 0.263. The molecular formula is C19H19BrN2O2S. The van der Waals surface area contributed by atoms with Crippen molar-refractivity contribution in [3.8, 4) is 0 Å². The highest BCUT2D eigenvalue weighted by atomic mass is 79.9. The molecule has 1 atom stereocenters. The zero-order chi connectivity index (χ0) is 17.8. The summed E-state index contributed by atoms with van der Waals surface area (Å²) in [5.74, 6) is 0. The van der Waals surface area contributed by atoms with Crippen molar-refractivity contribution in [3.05, 3.63) is 64.4 Å². The fourth-order valence-electron chi connectivity index (χ4n) is 3.71. The van der Waals surface area contributed by atoms with E-state index in [0.717, 1.165) is 20.9 Å². The van der Waals surface area contributed by atoms with E-state index in [0.29, 0.717) is 18.0 Å². The van der Waals surface area contributed by atoms with E-state index in [1.54, 1.807) is 10.4 Å². The molecule has 0 aliphatic carbocycles. The molecule has 0 bridgehead atoms. The van der Waals surface area contributed by atoms with Gasteiger partial charge >= 0.3 is 0 Å². The molecule has 2 heterocycles. The first kappa shape index (κ1) is 16.8. The first-order chi connectivity index (χ1) is 11.9. The second-order valence-corrected chi connectivity index (χ2v) is 9.15. The molecule has 0 amide bonds. The molecule has 6 heteroatoms. The number of rotatable bonds is 2. The minimum atomic E-state index is -3.59. The first-order valence-electron chi connectivity index (χ1n) is 8.26. The number of fused-ring (bicyclic) bond motifs is 2. The number of hydrogen-bond donors (Lipinski definition) is 0. The average Bonchev–Trinajstić information content (AvgIpc) is 2.97. The standard InChI is InChI=1S/C19H19BrN2O2S/c1-13-7-9-18-14(2)22(12-11-21(13)18)25(23,24)19-10-8-17(20)15-5-3-4-6-16(15)19/h3-10,14H,11-12H2,1-2H3. The van der Waals surface area contributed by atoms with Crippen LogP contribution in [-0.4, -0.2) is 23.8 Å². The maximum Gasteiger partial charge on any atom is 0.244 e. The molecule has 4 nitrogen and oxygen atoms in total. The molecule has 4 rings (SSSR count). The largest absolute Gasteiger partial charge is 0.346 e. The van der Waals surface area contributed by atoms with Gasteiger partial charge in [-0.2, -0.15) is 4.31 Å². The molecule has 1 aliphatic rings. The molecule has 3 aromatic rings. The molecular weight excluding hydrogens is 400 g/mol. The summed E-state index contributed by atoms with van der Waals surface area (Å²) in [6.45, 7) is 5.19. The number of aromatic nitrogens is 1. The topological polar surface area (TPSA) is 42.3 Å². The minimum absolute atomic E-state index is 0.185. The smallest absolute Gasteiger partial charge is 0.244 e. The van der Waals surface area contributed by atoms with Crippen LogP contribution >= 0.6 is 15.9 Å². The van der Waals surface area contributed by atoms with Crippen LogP contribution in [0, 0.1) is 6.92 Å². The van der Waals surface area contributed by atoms with Gasteiger partial charge in [0.1, 0.15) is 0 Å². The normalized spacial score (nSPS) is 18.4. The van der Waals surface area contributed by atoms with Crippen molar-refractivity contribution in [1.82, 2.24) is 8.87 Å². The predicted molar refractivity (Wildman–Crippen MR) is 103 cm³/mol. The quantitative estimate of drug-likeness (QED) is 0.615. The third-order valence-corrected chi connectivity index (χ3v) is 7.77. The van der Waals surface area contributed by atoms with Gasteiger partial charge in [-0.05, 0) is 43.5 Å². The van der Waals surface area contributed by atoms with E-state index in [2.05, 4.69) is 33.5 Å². The Morgan fingerprint density at radius 3 is 2.48 bits per heavy atom. The van der Waals surface area contributed by atoms with Crippen molar-refractivity contribution in [2.75, 3.05) is 6.54 Å². The van der Waals surface area contributed by atoms with Gasteiger partial charge in [-0.1, -0.05) is 40.2 Å². The van der Waals surface area contributed by atoms with Crippen LogP contribution in [0.4, 0.5) is 0 Å². The first-order valence-corrected chi connectivity index (χ1v) is 10.5. The van der Waals surface area contributed by atoms with Crippen molar-refractivity contribution in [3.63, 3.8) is 0 Å². The Bertz CT molecular complexity index is 1070. The van der Waals surface area contributed by atoms with Gasteiger partial charge in [-0.25, -0.2) is 8.42 Å². The summed E-state index contributed by atoms with van der Waals surface area (Å²) in [6, 6.07) is 15.0. The van der Waals surface area contributed by atoms with Gasteiger partial charge in [0.2, 0.25) is 10.0 Å². The molecule has 0 saturated carbocycles. The van der Waals surface area contributed by atoms with Crippen LogP contribution < -0.4 is 0 Å². The molecule has 0 fully saturated rings. The van der Waals surface area contributed by atoms with Crippen molar-refractivity contribution >= 4 is 36.7 Å². The number of nitrogens with zero attached hydrogens (tertiary/aromatic N) is 2. The van der Waals surface area contributed by atoms with Crippen molar-refractivity contribution in [1.29, 1.82) is 0 Å². The zero-order valence-corrected chi connectivity index (χ0v) is 16.5. The number of hydrogen-bond acceptors (Lipinski definition) is 2. The molecule has 0 spiro atoms. The Morgan fingerprint density at radius 1 is 1.00 bits per heavy atom. The van der Waals surface area contributed by atoms with Gasteiger partial charge in [-0.15, -0.1) is 0 Å². The third kappa shape index (κ3) is 2.55. The number of aryl methyl sites for hydroxylation is 1. The van der Waals surface area contributed by atoms with Gasteiger partial charge in [0.25, 0.3) is 0 Å². The van der Waals surface area contributed by atoms with Crippen molar-refractivity contribution < 1.29 is 8.42 Å². The summed E-state index contributed by atoms with van der Waals surface area (Å²) in [6.07, 6.45) is 0. The average molecular weight is 419 g/mol. The van der Waals surface area contributed by atoms with Gasteiger partial charge in [0.15, 0.2) is 0 Å². The number of benzene rings is 2. The van der Waals surface area contributed by atoms with Crippen molar-refractivity contribution in [2.45, 2.75) is 31.3 Å². The van der Waals surface area contributed by atoms with E-state index < -0.39 is 10.0 Å². The molecule has 1 aromatic heterocycles. The molecule has 2 aromatic carbocycles. The molecule has 130 valence electrons. The summed E-state index contributed by atoms with van der Waals surface area (Å²) in [7, 11) is -3.59. The SMILES string of the molecule is Cc1ccc2n1CCN(S(=O)(=O)c1ccc(Br)c3ccccc13)C2C. The van der Waals surface area contributed by atoms with E-state index in [-0.39, 0.29) is 6.04 Å². The molecule has 1 unspecified atom stereocenters. The van der Waals surface area contributed by atoms with E-state index in [1.807, 2.05) is 43.3 Å². The van der Waals surface area contributed by atoms with Crippen molar-refractivity contribution in [2.24, 2.45) is 0 Å². The lowest BCUT2D eigenvalue weighted by Crippen LogP contribution is -2.41. The van der Waals surface area contributed by atoms with Crippen LogP contribution in [0.2, 0.25) is 0 Å². The van der Waals surface area contributed by atoms with Gasteiger partial charge < -0.3 is 4.57 Å². The van der Waals surface area contributed by atoms with Crippen LogP contribution in [-0.2, 0) is 16.6 Å². The summed E-state index contributed by atoms with van der Waals surface area (Å²) < 4.78 is 31.6. The van der Waals surface area contributed by atoms with Gasteiger partial charge in [0, 0.05) is 34.3 Å². The van der Waals surface area contributed by atoms with Crippen LogP contribution in [0.25, 0.3) is 10.8 Å². The Morgan fingerprint density at radius 2 is 1.72 bits per heavy atom. The minimum Gasteiger partial charge on any atom is -0.346 e. The Hall–Kier alpha value is -1.63. The summed E-state index contributed by atoms with van der Waals surface area (Å²) in [4.78, 5) is 0.370. The predicted octanol–water partition coefficient (Wildman–Crippen LogP) is 4.48. The maximum absolute atomic E-state index is 13.4. The highest BCUT2D eigenvalue weighted by Crippen LogP contribution is 2.36. The Balaban J connectivity index is 1.85. The lowest BCUT2D eigenvalue weighted by Gasteiger charge is -2.34. The lowest BCUT2D eigenvalue weighted by molar-refractivity contribution is 0.281. The summed E-state index contributed by atoms with van der Waals surface area (Å²) in [5, 5.41) is 1.66. The van der Waals surface area contributed by atoms with Crippen LogP contribution in [0.1, 0.15) is 24.4 Å². The summed E-state index contributed by atoms with van der Waals surface area (Å²) >= 11 is 3.52. The van der Waals surface area contributed by atoms with Gasteiger partial charge in [-0.3, -0.25) is 0 Å². The van der Waals surface area contributed by atoms with Crippen LogP contribution in [0.15, 0.2) is 57.9 Å². The van der Waals surface area contributed by atoms with Crippen LogP contribution in [0.5, 0.6) is 0 Å². The van der Waals surface area contributed by atoms with E-state index in [9.17, 15) is 8.42 Å². The lowest BCUT2D eigenvalue weighted by atomic mass is 10.1. The van der Waals surface area contributed by atoms with Gasteiger partial charge in [0.05, 0.1) is 10.9 Å². The maximum atomic E-state index is 13.4. The highest BCUT2D eigenvalue weighted by Gasteiger charge is 2.35. The van der Waals surface area contributed by atoms with E-state index in [4.69, 9.17) is 0 Å². The second-order valence-electron chi connectivity index (χ2n) is 6.43. The zero-order valence-electron chi connectivity index (χ0n) is 14.1. The Kier molecular flexibility index (Phi) is 4.02. The van der Waals surface area contributed by atoms with Crippen LogP contribution in [0.3, 0.4) is 0 Å². The number of sulfonamides is 1. The second kappa shape index (κ2) is 5.97. The Labute approximate surface area is 156 Å². The monoisotopic (exact) mass is 418 g/mol. The van der Waals surface area contributed by atoms with E-state index >= 15 is 0 Å². The third-order valence-electron chi connectivity index (χ3n) is 5.05. The molecule has 1 aliphatic heterocycles. The fourth-order valence-corrected chi connectivity index (χ4v) is 5.99. The summed E-state index contributed by atoms with van der Waals surface area (Å²) in [5.41, 5.74) is 2.22. The molecule has 25 heavy (non-hydrogen) atoms. The highest BCUT2D eigenvalue weighted by molar-refractivity contribution is 9.10. The molecule has 0 radical (unpaired) electrons. The molecule has 0 N–H and O–H groups in total.